The van der Waals surface area contributed by atoms with Crippen LogP contribution in [-0.4, -0.2) is 10.9 Å². The maximum atomic E-state index is 11.4. The molecule has 0 saturated carbocycles. The van der Waals surface area contributed by atoms with Crippen molar-refractivity contribution in [1.29, 1.82) is 0 Å². The van der Waals surface area contributed by atoms with E-state index in [2.05, 4.69) is 4.98 Å². The quantitative estimate of drug-likeness (QED) is 0.331. The second kappa shape index (κ2) is 5.56. The molecule has 0 aliphatic rings. The number of thioether (sulfide) groups is 1. The Kier molecular flexibility index (Phi) is 3.85. The third kappa shape index (κ3) is 2.82. The Bertz CT molecular complexity index is 538. The summed E-state index contributed by atoms with van der Waals surface area (Å²) in [5.41, 5.74) is 8.97. The van der Waals surface area contributed by atoms with Crippen molar-refractivity contribution in [1.82, 2.24) is 10.4 Å². The van der Waals surface area contributed by atoms with Gasteiger partial charge in [-0.15, -0.1) is 11.8 Å². The number of nitrogen functional groups attached to an aromatic ring is 2. The zero-order chi connectivity index (χ0) is 13.0. The predicted molar refractivity (Wildman–Crippen MR) is 68.6 cm³/mol. The summed E-state index contributed by atoms with van der Waals surface area (Å²) in [7, 11) is 0. The van der Waals surface area contributed by atoms with Crippen molar-refractivity contribution in [2.45, 2.75) is 10.8 Å². The van der Waals surface area contributed by atoms with Gasteiger partial charge in [-0.1, -0.05) is 0 Å². The van der Waals surface area contributed by atoms with E-state index >= 15 is 0 Å². The van der Waals surface area contributed by atoms with E-state index in [-0.39, 0.29) is 5.76 Å². The fourth-order valence-corrected chi connectivity index (χ4v) is 2.17. The number of nitrogens with one attached hydrogen (secondary N) is 1. The van der Waals surface area contributed by atoms with Gasteiger partial charge in [0.25, 0.3) is 0 Å². The highest BCUT2D eigenvalue weighted by Crippen LogP contribution is 2.23. The SMILES string of the molecule is NNC(=O)c1occc1CSc1ccc(N)cn1. The maximum absolute atomic E-state index is 11.4. The van der Waals surface area contributed by atoms with Gasteiger partial charge >= 0.3 is 5.91 Å². The first-order valence-electron chi connectivity index (χ1n) is 5.12. The van der Waals surface area contributed by atoms with Crippen LogP contribution in [-0.2, 0) is 5.75 Å². The van der Waals surface area contributed by atoms with E-state index in [1.54, 1.807) is 18.3 Å². The lowest BCUT2D eigenvalue weighted by atomic mass is 10.3. The van der Waals surface area contributed by atoms with Gasteiger partial charge in [0, 0.05) is 11.3 Å². The zero-order valence-corrected chi connectivity index (χ0v) is 10.2. The summed E-state index contributed by atoms with van der Waals surface area (Å²) in [4.78, 5) is 15.5. The minimum atomic E-state index is -0.444. The van der Waals surface area contributed by atoms with Crippen molar-refractivity contribution in [2.24, 2.45) is 5.84 Å². The molecule has 5 N–H and O–H groups in total. The number of carbonyl (C=O) groups is 1. The molecule has 2 aromatic heterocycles. The van der Waals surface area contributed by atoms with Gasteiger partial charge in [0.2, 0.25) is 0 Å². The number of nitrogens with two attached hydrogens (primary N) is 2. The molecule has 0 atom stereocenters. The lowest BCUT2D eigenvalue weighted by Crippen LogP contribution is -2.30. The molecule has 0 saturated heterocycles. The number of nitrogens with zero attached hydrogens (tertiary/aromatic N) is 1. The summed E-state index contributed by atoms with van der Waals surface area (Å²) >= 11 is 1.48. The monoisotopic (exact) mass is 264 g/mol. The number of aromatic nitrogens is 1. The van der Waals surface area contributed by atoms with E-state index in [9.17, 15) is 4.79 Å². The number of hydrazine groups is 1. The number of furan rings is 1. The van der Waals surface area contributed by atoms with Gasteiger partial charge in [0.15, 0.2) is 5.76 Å². The van der Waals surface area contributed by atoms with Crippen LogP contribution >= 0.6 is 11.8 Å². The van der Waals surface area contributed by atoms with Gasteiger partial charge in [-0.3, -0.25) is 10.2 Å². The average Bonchev–Trinajstić information content (AvgIpc) is 2.85. The first kappa shape index (κ1) is 12.5. The fraction of sp³-hybridized carbons (Fsp3) is 0.0909. The number of rotatable bonds is 4. The first-order valence-corrected chi connectivity index (χ1v) is 6.11. The number of amides is 1. The Balaban J connectivity index is 2.04. The molecular formula is C11H12N4O2S. The third-order valence-electron chi connectivity index (χ3n) is 2.22. The van der Waals surface area contributed by atoms with Crippen molar-refractivity contribution in [3.05, 3.63) is 42.0 Å². The second-order valence-electron chi connectivity index (χ2n) is 3.47. The molecular weight excluding hydrogens is 252 g/mol. The summed E-state index contributed by atoms with van der Waals surface area (Å²) in [5, 5.41) is 0.824. The Hall–Kier alpha value is -1.99. The molecule has 6 nitrogen and oxygen atoms in total. The largest absolute Gasteiger partial charge is 0.459 e. The zero-order valence-electron chi connectivity index (χ0n) is 9.42. The van der Waals surface area contributed by atoms with Crippen LogP contribution in [0.1, 0.15) is 16.1 Å². The van der Waals surface area contributed by atoms with E-state index in [1.165, 1.54) is 18.0 Å². The van der Waals surface area contributed by atoms with Gasteiger partial charge in [0.05, 0.1) is 23.2 Å². The number of carbonyl (C=O) groups excluding carboxylic acids is 1. The molecule has 18 heavy (non-hydrogen) atoms. The van der Waals surface area contributed by atoms with Crippen LogP contribution in [0.15, 0.2) is 40.1 Å². The lowest BCUT2D eigenvalue weighted by molar-refractivity contribution is 0.0925. The predicted octanol–water partition coefficient (Wildman–Crippen LogP) is 1.15. The number of anilines is 1. The van der Waals surface area contributed by atoms with Crippen LogP contribution in [0, 0.1) is 0 Å². The molecule has 0 radical (unpaired) electrons. The van der Waals surface area contributed by atoms with Crippen molar-refractivity contribution in [3.63, 3.8) is 0 Å². The molecule has 7 heteroatoms. The van der Waals surface area contributed by atoms with Crippen molar-refractivity contribution >= 4 is 23.4 Å². The van der Waals surface area contributed by atoms with Crippen molar-refractivity contribution in [3.8, 4) is 0 Å². The van der Waals surface area contributed by atoms with E-state index in [4.69, 9.17) is 16.0 Å². The van der Waals surface area contributed by atoms with Crippen molar-refractivity contribution < 1.29 is 9.21 Å². The van der Waals surface area contributed by atoms with Crippen molar-refractivity contribution in [2.75, 3.05) is 5.73 Å². The normalized spacial score (nSPS) is 10.3. The molecule has 0 fully saturated rings. The van der Waals surface area contributed by atoms with E-state index in [0.29, 0.717) is 11.4 Å². The van der Waals surface area contributed by atoms with Crippen LogP contribution in [0.5, 0.6) is 0 Å². The lowest BCUT2D eigenvalue weighted by Gasteiger charge is -2.02. The molecule has 0 bridgehead atoms. The van der Waals surface area contributed by atoms with Gasteiger partial charge < -0.3 is 10.2 Å². The smallest absolute Gasteiger partial charge is 0.301 e. The van der Waals surface area contributed by atoms with Crippen LogP contribution in [0.25, 0.3) is 0 Å². The minimum Gasteiger partial charge on any atom is -0.459 e. The molecule has 0 aliphatic heterocycles. The minimum absolute atomic E-state index is 0.223. The summed E-state index contributed by atoms with van der Waals surface area (Å²) in [6.45, 7) is 0. The summed E-state index contributed by atoms with van der Waals surface area (Å²) in [6.07, 6.45) is 3.04. The fourth-order valence-electron chi connectivity index (χ4n) is 1.34. The Morgan fingerprint density at radius 1 is 1.44 bits per heavy atom. The van der Waals surface area contributed by atoms with Gasteiger partial charge in [0.1, 0.15) is 0 Å². The molecule has 0 unspecified atom stereocenters. The molecule has 2 rings (SSSR count). The highest BCUT2D eigenvalue weighted by molar-refractivity contribution is 7.98. The Morgan fingerprint density at radius 2 is 2.28 bits per heavy atom. The number of pyridine rings is 1. The maximum Gasteiger partial charge on any atom is 0.301 e. The molecule has 0 spiro atoms. The number of hydrogen-bond acceptors (Lipinski definition) is 6. The molecule has 1 amide bonds. The van der Waals surface area contributed by atoms with Crippen LogP contribution in [0.2, 0.25) is 0 Å². The molecule has 0 aliphatic carbocycles. The highest BCUT2D eigenvalue weighted by Gasteiger charge is 2.14. The molecule has 2 aromatic rings. The molecule has 2 heterocycles. The standard InChI is InChI=1S/C11H12N4O2S/c12-8-1-2-9(14-5-8)18-6-7-3-4-17-10(7)11(16)15-13/h1-5H,6,12-13H2,(H,15,16). The Morgan fingerprint density at radius 3 is 2.94 bits per heavy atom. The second-order valence-corrected chi connectivity index (χ2v) is 4.46. The van der Waals surface area contributed by atoms with Gasteiger partial charge in [-0.2, -0.15) is 0 Å². The van der Waals surface area contributed by atoms with Gasteiger partial charge in [-0.25, -0.2) is 10.8 Å². The van der Waals surface area contributed by atoms with E-state index in [1.807, 2.05) is 11.5 Å². The van der Waals surface area contributed by atoms with Crippen LogP contribution in [0.3, 0.4) is 0 Å². The summed E-state index contributed by atoms with van der Waals surface area (Å²) < 4.78 is 5.08. The van der Waals surface area contributed by atoms with E-state index in [0.717, 1.165) is 10.6 Å². The van der Waals surface area contributed by atoms with Gasteiger partial charge in [-0.05, 0) is 18.2 Å². The number of hydrogen-bond donors (Lipinski definition) is 3. The Labute approximate surface area is 108 Å². The molecule has 94 valence electrons. The molecule has 0 aromatic carbocycles. The third-order valence-corrected chi connectivity index (χ3v) is 3.21. The topological polar surface area (TPSA) is 107 Å². The first-order chi connectivity index (χ1) is 8.70. The van der Waals surface area contributed by atoms with E-state index < -0.39 is 5.91 Å². The average molecular weight is 264 g/mol. The summed E-state index contributed by atoms with van der Waals surface area (Å²) in [5.74, 6) is 5.41. The van der Waals surface area contributed by atoms with Crippen LogP contribution in [0.4, 0.5) is 5.69 Å². The summed E-state index contributed by atoms with van der Waals surface area (Å²) in [6, 6.07) is 5.33. The van der Waals surface area contributed by atoms with Crippen LogP contribution < -0.4 is 17.0 Å². The highest BCUT2D eigenvalue weighted by atomic mass is 32.2.